The first-order valence-corrected chi connectivity index (χ1v) is 7.17. The number of halogens is 1. The Morgan fingerprint density at radius 2 is 2.00 bits per heavy atom. The summed E-state index contributed by atoms with van der Waals surface area (Å²) >= 11 is 7.08. The van der Waals surface area contributed by atoms with Crippen molar-refractivity contribution in [1.29, 1.82) is 0 Å². The number of benzene rings is 1. The van der Waals surface area contributed by atoms with Crippen LogP contribution in [0.4, 0.5) is 0 Å². The molecule has 4 nitrogen and oxygen atoms in total. The summed E-state index contributed by atoms with van der Waals surface area (Å²) in [6.45, 7) is 0. The van der Waals surface area contributed by atoms with Gasteiger partial charge < -0.3 is 14.6 Å². The fourth-order valence-electron chi connectivity index (χ4n) is 1.79. The minimum absolute atomic E-state index is 0.162. The Kier molecular flexibility index (Phi) is 4.88. The Bertz CT molecular complexity index is 691. The third kappa shape index (κ3) is 3.56. The molecule has 2 rings (SSSR count). The molecule has 0 bridgehead atoms. The molecule has 0 aliphatic heterocycles. The molecular formula is C15H13ClO4S. The predicted octanol–water partition coefficient (Wildman–Crippen LogP) is 4.04. The maximum absolute atomic E-state index is 11.5. The molecule has 0 aliphatic carbocycles. The Morgan fingerprint density at radius 3 is 2.52 bits per heavy atom. The molecule has 0 radical (unpaired) electrons. The molecule has 0 atom stereocenters. The van der Waals surface area contributed by atoms with E-state index in [4.69, 9.17) is 21.1 Å². The van der Waals surface area contributed by atoms with E-state index in [0.29, 0.717) is 26.3 Å². The standard InChI is InChI=1S/C15H13ClO4S/c1-19-10-4-3-9(12(8-10)20-2)7-11(15(17)18)13-5-6-14(16)21-13/h3-8H,1-2H3,(H,17,18)/b11-7-. The van der Waals surface area contributed by atoms with Crippen LogP contribution in [0.15, 0.2) is 30.3 Å². The molecule has 21 heavy (non-hydrogen) atoms. The average molecular weight is 325 g/mol. The topological polar surface area (TPSA) is 55.8 Å². The van der Waals surface area contributed by atoms with E-state index in [0.717, 1.165) is 0 Å². The molecule has 1 aromatic carbocycles. The van der Waals surface area contributed by atoms with Crippen LogP contribution in [0, 0.1) is 0 Å². The Labute approximate surface area is 131 Å². The summed E-state index contributed by atoms with van der Waals surface area (Å²) in [5, 5.41) is 9.39. The smallest absolute Gasteiger partial charge is 0.337 e. The molecule has 0 amide bonds. The van der Waals surface area contributed by atoms with Gasteiger partial charge in [-0.3, -0.25) is 0 Å². The normalized spacial score (nSPS) is 11.3. The Hall–Kier alpha value is -1.98. The molecule has 0 aliphatic rings. The minimum Gasteiger partial charge on any atom is -0.497 e. The van der Waals surface area contributed by atoms with Gasteiger partial charge in [0, 0.05) is 16.5 Å². The monoisotopic (exact) mass is 324 g/mol. The maximum atomic E-state index is 11.5. The van der Waals surface area contributed by atoms with E-state index in [1.165, 1.54) is 18.4 Å². The third-order valence-electron chi connectivity index (χ3n) is 2.81. The highest BCUT2D eigenvalue weighted by Gasteiger charge is 2.14. The van der Waals surface area contributed by atoms with Crippen molar-refractivity contribution in [2.45, 2.75) is 0 Å². The van der Waals surface area contributed by atoms with E-state index in [1.54, 1.807) is 43.5 Å². The molecule has 1 N–H and O–H groups in total. The van der Waals surface area contributed by atoms with E-state index >= 15 is 0 Å². The van der Waals surface area contributed by atoms with E-state index in [-0.39, 0.29) is 5.57 Å². The number of carboxylic acid groups (broad SMARTS) is 1. The lowest BCUT2D eigenvalue weighted by molar-refractivity contribution is -0.130. The zero-order valence-corrected chi connectivity index (χ0v) is 13.0. The van der Waals surface area contributed by atoms with Crippen molar-refractivity contribution in [3.05, 3.63) is 45.1 Å². The molecule has 0 saturated carbocycles. The van der Waals surface area contributed by atoms with Crippen LogP contribution in [0.5, 0.6) is 11.5 Å². The minimum atomic E-state index is -1.02. The second kappa shape index (κ2) is 6.65. The molecular weight excluding hydrogens is 312 g/mol. The quantitative estimate of drug-likeness (QED) is 0.843. The summed E-state index contributed by atoms with van der Waals surface area (Å²) in [5.41, 5.74) is 0.815. The van der Waals surface area contributed by atoms with Crippen LogP contribution >= 0.6 is 22.9 Å². The van der Waals surface area contributed by atoms with Gasteiger partial charge >= 0.3 is 5.97 Å². The van der Waals surface area contributed by atoms with Crippen molar-refractivity contribution in [2.24, 2.45) is 0 Å². The summed E-state index contributed by atoms with van der Waals surface area (Å²) in [5.74, 6) is 0.155. The van der Waals surface area contributed by atoms with Crippen molar-refractivity contribution >= 4 is 40.6 Å². The molecule has 0 saturated heterocycles. The second-order valence-corrected chi connectivity index (χ2v) is 5.79. The maximum Gasteiger partial charge on any atom is 0.337 e. The van der Waals surface area contributed by atoms with Gasteiger partial charge in [0.15, 0.2) is 0 Å². The van der Waals surface area contributed by atoms with E-state index in [2.05, 4.69) is 0 Å². The van der Waals surface area contributed by atoms with Crippen LogP contribution in [0.1, 0.15) is 10.4 Å². The lowest BCUT2D eigenvalue weighted by Crippen LogP contribution is -1.98. The number of carbonyl (C=O) groups is 1. The van der Waals surface area contributed by atoms with Gasteiger partial charge in [-0.15, -0.1) is 11.3 Å². The molecule has 0 fully saturated rings. The average Bonchev–Trinajstić information content (AvgIpc) is 2.90. The predicted molar refractivity (Wildman–Crippen MR) is 84.4 cm³/mol. The van der Waals surface area contributed by atoms with E-state index < -0.39 is 5.97 Å². The van der Waals surface area contributed by atoms with Gasteiger partial charge in [-0.05, 0) is 30.3 Å². The first kappa shape index (κ1) is 15.4. The number of thiophene rings is 1. The Balaban J connectivity index is 2.50. The number of carboxylic acids is 1. The molecule has 0 unspecified atom stereocenters. The second-order valence-electron chi connectivity index (χ2n) is 4.07. The molecule has 1 heterocycles. The van der Waals surface area contributed by atoms with Gasteiger partial charge in [0.05, 0.1) is 24.1 Å². The molecule has 6 heteroatoms. The zero-order chi connectivity index (χ0) is 15.4. The van der Waals surface area contributed by atoms with Crippen LogP contribution in [0.25, 0.3) is 11.6 Å². The van der Waals surface area contributed by atoms with Gasteiger partial charge in [0.1, 0.15) is 11.5 Å². The van der Waals surface area contributed by atoms with Crippen molar-refractivity contribution in [3.8, 4) is 11.5 Å². The number of aliphatic carboxylic acids is 1. The highest BCUT2D eigenvalue weighted by molar-refractivity contribution is 7.17. The summed E-state index contributed by atoms with van der Waals surface area (Å²) in [6, 6.07) is 8.55. The first-order chi connectivity index (χ1) is 10.0. The number of methoxy groups -OCH3 is 2. The highest BCUT2D eigenvalue weighted by Crippen LogP contribution is 2.32. The van der Waals surface area contributed by atoms with Crippen molar-refractivity contribution in [2.75, 3.05) is 14.2 Å². The number of ether oxygens (including phenoxy) is 2. The number of rotatable bonds is 5. The fraction of sp³-hybridized carbons (Fsp3) is 0.133. The van der Waals surface area contributed by atoms with Crippen LogP contribution in [-0.4, -0.2) is 25.3 Å². The summed E-state index contributed by atoms with van der Waals surface area (Å²) in [7, 11) is 3.08. The summed E-state index contributed by atoms with van der Waals surface area (Å²) in [6.07, 6.45) is 1.56. The third-order valence-corrected chi connectivity index (χ3v) is 4.07. The van der Waals surface area contributed by atoms with Crippen molar-refractivity contribution in [3.63, 3.8) is 0 Å². The van der Waals surface area contributed by atoms with Crippen LogP contribution in [-0.2, 0) is 4.79 Å². The Morgan fingerprint density at radius 1 is 1.24 bits per heavy atom. The lowest BCUT2D eigenvalue weighted by Gasteiger charge is -2.08. The van der Waals surface area contributed by atoms with Crippen molar-refractivity contribution < 1.29 is 19.4 Å². The first-order valence-electron chi connectivity index (χ1n) is 5.98. The van der Waals surface area contributed by atoms with Crippen molar-refractivity contribution in [1.82, 2.24) is 0 Å². The molecule has 0 spiro atoms. The highest BCUT2D eigenvalue weighted by atomic mass is 35.5. The SMILES string of the molecule is COc1ccc(/C=C(\C(=O)O)c2ccc(Cl)s2)c(OC)c1. The van der Waals surface area contributed by atoms with Crippen LogP contribution in [0.2, 0.25) is 4.34 Å². The van der Waals surface area contributed by atoms with E-state index in [9.17, 15) is 9.90 Å². The van der Waals surface area contributed by atoms with Crippen LogP contribution in [0.3, 0.4) is 0 Å². The summed E-state index contributed by atoms with van der Waals surface area (Å²) in [4.78, 5) is 12.1. The van der Waals surface area contributed by atoms with E-state index in [1.807, 2.05) is 0 Å². The molecule has 110 valence electrons. The fourth-order valence-corrected chi connectivity index (χ4v) is 2.84. The van der Waals surface area contributed by atoms with Gasteiger partial charge in [-0.2, -0.15) is 0 Å². The lowest BCUT2D eigenvalue weighted by atomic mass is 10.1. The zero-order valence-electron chi connectivity index (χ0n) is 11.4. The van der Waals surface area contributed by atoms with Gasteiger partial charge in [-0.25, -0.2) is 4.79 Å². The van der Waals surface area contributed by atoms with Crippen LogP contribution < -0.4 is 9.47 Å². The number of hydrogen-bond donors (Lipinski definition) is 1. The molecule has 1 aromatic heterocycles. The largest absolute Gasteiger partial charge is 0.497 e. The number of hydrogen-bond acceptors (Lipinski definition) is 4. The van der Waals surface area contributed by atoms with Gasteiger partial charge in [0.25, 0.3) is 0 Å². The summed E-state index contributed by atoms with van der Waals surface area (Å²) < 4.78 is 10.9. The molecule has 2 aromatic rings. The van der Waals surface area contributed by atoms with Gasteiger partial charge in [0.2, 0.25) is 0 Å². The van der Waals surface area contributed by atoms with Gasteiger partial charge in [-0.1, -0.05) is 11.6 Å².